The highest BCUT2D eigenvalue weighted by Gasteiger charge is 2.22. The second-order valence-corrected chi connectivity index (χ2v) is 5.22. The normalized spacial score (nSPS) is 19.7. The van der Waals surface area contributed by atoms with E-state index in [4.69, 9.17) is 4.74 Å². The topological polar surface area (TPSA) is 59.4 Å². The molecule has 20 heavy (non-hydrogen) atoms. The fraction of sp³-hybridized carbons (Fsp3) is 0.333. The molecule has 3 heterocycles. The van der Waals surface area contributed by atoms with Crippen molar-refractivity contribution in [1.82, 2.24) is 14.4 Å². The summed E-state index contributed by atoms with van der Waals surface area (Å²) in [5, 5.41) is 0. The Labute approximate surface area is 115 Å². The number of aromatic amines is 1. The Bertz CT molecular complexity index is 828. The quantitative estimate of drug-likeness (QED) is 0.735. The first kappa shape index (κ1) is 11.7. The van der Waals surface area contributed by atoms with Crippen molar-refractivity contribution in [2.24, 2.45) is 0 Å². The van der Waals surface area contributed by atoms with Crippen molar-refractivity contribution in [3.63, 3.8) is 0 Å². The fourth-order valence-electron chi connectivity index (χ4n) is 2.97. The Morgan fingerprint density at radius 3 is 3.05 bits per heavy atom. The maximum absolute atomic E-state index is 12.1. The average Bonchev–Trinajstić information content (AvgIpc) is 2.94. The van der Waals surface area contributed by atoms with Crippen molar-refractivity contribution in [2.45, 2.75) is 18.8 Å². The lowest BCUT2D eigenvalue weighted by Gasteiger charge is -2.21. The van der Waals surface area contributed by atoms with E-state index in [9.17, 15) is 4.79 Å². The first-order valence-corrected chi connectivity index (χ1v) is 6.91. The number of para-hydroxylation sites is 2. The molecule has 0 saturated carbocycles. The predicted molar refractivity (Wildman–Crippen MR) is 76.1 cm³/mol. The van der Waals surface area contributed by atoms with Crippen molar-refractivity contribution in [2.75, 3.05) is 13.2 Å². The van der Waals surface area contributed by atoms with Gasteiger partial charge in [-0.3, -0.25) is 9.20 Å². The number of rotatable bonds is 1. The van der Waals surface area contributed by atoms with Gasteiger partial charge in [0.2, 0.25) is 0 Å². The lowest BCUT2D eigenvalue weighted by molar-refractivity contribution is 0.0780. The Hall–Kier alpha value is -2.14. The summed E-state index contributed by atoms with van der Waals surface area (Å²) >= 11 is 0. The summed E-state index contributed by atoms with van der Waals surface area (Å²) in [5.41, 5.74) is 2.32. The molecule has 5 nitrogen and oxygen atoms in total. The van der Waals surface area contributed by atoms with Gasteiger partial charge in [0.25, 0.3) is 5.56 Å². The fourth-order valence-corrected chi connectivity index (χ4v) is 2.97. The first-order chi connectivity index (χ1) is 9.84. The molecule has 1 fully saturated rings. The first-order valence-electron chi connectivity index (χ1n) is 6.91. The van der Waals surface area contributed by atoms with Crippen LogP contribution in [-0.2, 0) is 4.74 Å². The molecule has 0 spiro atoms. The lowest BCUT2D eigenvalue weighted by Crippen LogP contribution is -2.19. The molecule has 1 aliphatic heterocycles. The minimum absolute atomic E-state index is 0.0980. The monoisotopic (exact) mass is 269 g/mol. The van der Waals surface area contributed by atoms with Crippen molar-refractivity contribution in [1.29, 1.82) is 0 Å². The third-order valence-electron chi connectivity index (χ3n) is 3.94. The van der Waals surface area contributed by atoms with Gasteiger partial charge in [0, 0.05) is 12.5 Å². The number of fused-ring (bicyclic) bond motifs is 3. The molecule has 102 valence electrons. The third kappa shape index (κ3) is 1.67. The minimum atomic E-state index is -0.0980. The molecule has 5 heteroatoms. The smallest absolute Gasteiger partial charge is 0.274 e. The third-order valence-corrected chi connectivity index (χ3v) is 3.94. The van der Waals surface area contributed by atoms with Crippen LogP contribution in [-0.4, -0.2) is 27.6 Å². The standard InChI is InChI=1S/C15H15N3O2/c19-15-13-8-16-14(10-4-3-7-20-9-10)18(13)12-6-2-1-5-11(12)17-15/h1-2,5-6,8,10H,3-4,7,9H2,(H,17,19). The van der Waals surface area contributed by atoms with Gasteiger partial charge < -0.3 is 9.72 Å². The van der Waals surface area contributed by atoms with Crippen LogP contribution in [0.25, 0.3) is 16.6 Å². The molecule has 1 saturated heterocycles. The number of H-pyrrole nitrogens is 1. The van der Waals surface area contributed by atoms with Crippen LogP contribution in [0.4, 0.5) is 0 Å². The zero-order chi connectivity index (χ0) is 13.5. The van der Waals surface area contributed by atoms with E-state index in [1.54, 1.807) is 6.20 Å². The number of nitrogens with one attached hydrogen (secondary N) is 1. The predicted octanol–water partition coefficient (Wildman–Crippen LogP) is 2.07. The van der Waals surface area contributed by atoms with Gasteiger partial charge in [-0.25, -0.2) is 4.98 Å². The summed E-state index contributed by atoms with van der Waals surface area (Å²) in [6.07, 6.45) is 3.76. The molecule has 1 unspecified atom stereocenters. The van der Waals surface area contributed by atoms with Gasteiger partial charge in [0.1, 0.15) is 11.3 Å². The van der Waals surface area contributed by atoms with Crippen molar-refractivity contribution in [3.8, 4) is 0 Å². The summed E-state index contributed by atoms with van der Waals surface area (Å²) in [6, 6.07) is 7.82. The zero-order valence-electron chi connectivity index (χ0n) is 11.0. The van der Waals surface area contributed by atoms with E-state index in [0.717, 1.165) is 36.3 Å². The average molecular weight is 269 g/mol. The number of ether oxygens (including phenoxy) is 1. The number of imidazole rings is 1. The summed E-state index contributed by atoms with van der Waals surface area (Å²) in [4.78, 5) is 19.5. The van der Waals surface area contributed by atoms with E-state index < -0.39 is 0 Å². The highest BCUT2D eigenvalue weighted by atomic mass is 16.5. The van der Waals surface area contributed by atoms with Gasteiger partial charge in [-0.2, -0.15) is 0 Å². The second-order valence-electron chi connectivity index (χ2n) is 5.22. The molecule has 2 aromatic heterocycles. The highest BCUT2D eigenvalue weighted by molar-refractivity contribution is 5.78. The van der Waals surface area contributed by atoms with Gasteiger partial charge in [0.05, 0.1) is 23.8 Å². The molecule has 1 aliphatic rings. The summed E-state index contributed by atoms with van der Waals surface area (Å²) in [7, 11) is 0. The molecule has 1 N–H and O–H groups in total. The van der Waals surface area contributed by atoms with Crippen LogP contribution < -0.4 is 5.56 Å². The Kier molecular flexibility index (Phi) is 2.60. The SMILES string of the molecule is O=c1[nH]c2ccccc2n2c(C3CCCOC3)ncc12. The molecular formula is C15H15N3O2. The van der Waals surface area contributed by atoms with Crippen LogP contribution in [0.1, 0.15) is 24.6 Å². The van der Waals surface area contributed by atoms with E-state index in [1.165, 1.54) is 0 Å². The van der Waals surface area contributed by atoms with E-state index in [1.807, 2.05) is 28.7 Å². The second kappa shape index (κ2) is 4.45. The number of nitrogens with zero attached hydrogens (tertiary/aromatic N) is 2. The molecule has 0 aliphatic carbocycles. The lowest BCUT2D eigenvalue weighted by atomic mass is 10.0. The van der Waals surface area contributed by atoms with E-state index in [0.29, 0.717) is 12.1 Å². The van der Waals surface area contributed by atoms with Gasteiger partial charge in [-0.15, -0.1) is 0 Å². The maximum Gasteiger partial charge on any atom is 0.274 e. The Morgan fingerprint density at radius 1 is 1.30 bits per heavy atom. The minimum Gasteiger partial charge on any atom is -0.381 e. The van der Waals surface area contributed by atoms with Gasteiger partial charge in [-0.05, 0) is 25.0 Å². The van der Waals surface area contributed by atoms with Crippen LogP contribution in [0.15, 0.2) is 35.3 Å². The number of hydrogen-bond donors (Lipinski definition) is 1. The summed E-state index contributed by atoms with van der Waals surface area (Å²) in [6.45, 7) is 1.50. The van der Waals surface area contributed by atoms with Gasteiger partial charge in [-0.1, -0.05) is 12.1 Å². The number of aromatic nitrogens is 3. The zero-order valence-corrected chi connectivity index (χ0v) is 11.0. The van der Waals surface area contributed by atoms with Gasteiger partial charge in [0.15, 0.2) is 0 Å². The van der Waals surface area contributed by atoms with Crippen LogP contribution in [0.3, 0.4) is 0 Å². The summed E-state index contributed by atoms with van der Waals surface area (Å²) < 4.78 is 7.54. The molecular weight excluding hydrogens is 254 g/mol. The summed E-state index contributed by atoms with van der Waals surface area (Å²) in [5.74, 6) is 1.19. The molecule has 1 atom stereocenters. The van der Waals surface area contributed by atoms with Crippen LogP contribution in [0, 0.1) is 0 Å². The number of benzene rings is 1. The molecule has 0 bridgehead atoms. The molecule has 4 rings (SSSR count). The van der Waals surface area contributed by atoms with E-state index in [-0.39, 0.29) is 11.5 Å². The Balaban J connectivity index is 2.04. The molecule has 0 radical (unpaired) electrons. The van der Waals surface area contributed by atoms with Crippen LogP contribution in [0.5, 0.6) is 0 Å². The molecule has 3 aromatic rings. The van der Waals surface area contributed by atoms with E-state index in [2.05, 4.69) is 9.97 Å². The van der Waals surface area contributed by atoms with Crippen molar-refractivity contribution < 1.29 is 4.74 Å². The van der Waals surface area contributed by atoms with Crippen LogP contribution in [0.2, 0.25) is 0 Å². The van der Waals surface area contributed by atoms with Crippen LogP contribution >= 0.6 is 0 Å². The molecule has 1 aromatic carbocycles. The van der Waals surface area contributed by atoms with Crippen molar-refractivity contribution >= 4 is 16.6 Å². The highest BCUT2D eigenvalue weighted by Crippen LogP contribution is 2.26. The van der Waals surface area contributed by atoms with Crippen molar-refractivity contribution in [3.05, 3.63) is 46.6 Å². The Morgan fingerprint density at radius 2 is 2.20 bits per heavy atom. The number of hydrogen-bond acceptors (Lipinski definition) is 3. The largest absolute Gasteiger partial charge is 0.381 e. The van der Waals surface area contributed by atoms with E-state index >= 15 is 0 Å². The maximum atomic E-state index is 12.1. The molecule has 0 amide bonds. The van der Waals surface area contributed by atoms with Gasteiger partial charge >= 0.3 is 0 Å².